The Morgan fingerprint density at radius 1 is 1.41 bits per heavy atom. The molecule has 86 valence electrons. The van der Waals surface area contributed by atoms with Crippen molar-refractivity contribution in [1.82, 2.24) is 0 Å². The fourth-order valence-electron chi connectivity index (χ4n) is 1.61. The fourth-order valence-corrected chi connectivity index (χ4v) is 2.34. The lowest BCUT2D eigenvalue weighted by atomic mass is 10.1. The van der Waals surface area contributed by atoms with Crippen LogP contribution in [-0.2, 0) is 0 Å². The van der Waals surface area contributed by atoms with E-state index in [0.29, 0.717) is 11.3 Å². The molecule has 0 saturated carbocycles. The van der Waals surface area contributed by atoms with Crippen molar-refractivity contribution in [1.29, 1.82) is 5.26 Å². The van der Waals surface area contributed by atoms with E-state index in [1.165, 1.54) is 4.88 Å². The molecule has 0 amide bonds. The molecule has 0 aliphatic heterocycles. The maximum atomic E-state index is 8.76. The van der Waals surface area contributed by atoms with Crippen LogP contribution in [0.25, 0.3) is 0 Å². The number of nitrogens with one attached hydrogen (secondary N) is 1. The summed E-state index contributed by atoms with van der Waals surface area (Å²) in [7, 11) is 0. The molecular formula is C13H13N3S. The van der Waals surface area contributed by atoms with E-state index in [1.807, 2.05) is 12.1 Å². The number of nitrogen functional groups attached to an aromatic ring is 1. The van der Waals surface area contributed by atoms with Crippen LogP contribution in [-0.4, -0.2) is 0 Å². The van der Waals surface area contributed by atoms with Gasteiger partial charge in [-0.05, 0) is 36.6 Å². The van der Waals surface area contributed by atoms with Gasteiger partial charge in [0.15, 0.2) is 0 Å². The fraction of sp³-hybridized carbons (Fsp3) is 0.154. The highest BCUT2D eigenvalue weighted by molar-refractivity contribution is 7.10. The molecule has 0 fully saturated rings. The summed E-state index contributed by atoms with van der Waals surface area (Å²) in [6.07, 6.45) is 0. The van der Waals surface area contributed by atoms with Crippen LogP contribution >= 0.6 is 11.3 Å². The summed E-state index contributed by atoms with van der Waals surface area (Å²) in [6.45, 7) is 2.09. The van der Waals surface area contributed by atoms with Gasteiger partial charge in [-0.3, -0.25) is 0 Å². The van der Waals surface area contributed by atoms with Gasteiger partial charge in [-0.1, -0.05) is 6.07 Å². The maximum Gasteiger partial charge on any atom is 0.0992 e. The number of rotatable bonds is 3. The van der Waals surface area contributed by atoms with E-state index >= 15 is 0 Å². The molecular weight excluding hydrogens is 230 g/mol. The monoisotopic (exact) mass is 243 g/mol. The van der Waals surface area contributed by atoms with Crippen molar-refractivity contribution in [2.45, 2.75) is 13.0 Å². The second kappa shape index (κ2) is 4.89. The van der Waals surface area contributed by atoms with E-state index in [-0.39, 0.29) is 6.04 Å². The molecule has 0 bridgehead atoms. The molecule has 0 spiro atoms. The van der Waals surface area contributed by atoms with Crippen LogP contribution in [0.5, 0.6) is 0 Å². The molecule has 17 heavy (non-hydrogen) atoms. The molecule has 0 aliphatic rings. The van der Waals surface area contributed by atoms with Gasteiger partial charge in [0.1, 0.15) is 0 Å². The van der Waals surface area contributed by atoms with Gasteiger partial charge in [-0.25, -0.2) is 0 Å². The van der Waals surface area contributed by atoms with Crippen molar-refractivity contribution in [2.24, 2.45) is 0 Å². The van der Waals surface area contributed by atoms with Gasteiger partial charge in [0.25, 0.3) is 0 Å². The minimum Gasteiger partial charge on any atom is -0.397 e. The smallest absolute Gasteiger partial charge is 0.0992 e. The summed E-state index contributed by atoms with van der Waals surface area (Å²) in [6, 6.07) is 11.7. The molecule has 3 N–H and O–H groups in total. The van der Waals surface area contributed by atoms with E-state index in [0.717, 1.165) is 5.69 Å². The first-order valence-electron chi connectivity index (χ1n) is 5.30. The summed E-state index contributed by atoms with van der Waals surface area (Å²) in [5, 5.41) is 14.2. The highest BCUT2D eigenvalue weighted by Gasteiger charge is 2.08. The first-order chi connectivity index (χ1) is 8.20. The summed E-state index contributed by atoms with van der Waals surface area (Å²) in [5.74, 6) is 0. The average Bonchev–Trinajstić information content (AvgIpc) is 2.85. The Morgan fingerprint density at radius 2 is 2.24 bits per heavy atom. The minimum absolute atomic E-state index is 0.213. The van der Waals surface area contributed by atoms with Crippen LogP contribution in [0.4, 0.5) is 11.4 Å². The van der Waals surface area contributed by atoms with E-state index in [2.05, 4.69) is 29.8 Å². The Labute approximate surface area is 105 Å². The summed E-state index contributed by atoms with van der Waals surface area (Å²) in [4.78, 5) is 1.26. The zero-order valence-electron chi connectivity index (χ0n) is 9.47. The first-order valence-corrected chi connectivity index (χ1v) is 6.18. The summed E-state index contributed by atoms with van der Waals surface area (Å²) in [5.41, 5.74) is 7.94. The Morgan fingerprint density at radius 3 is 2.82 bits per heavy atom. The Kier molecular flexibility index (Phi) is 3.31. The number of thiophene rings is 1. The summed E-state index contributed by atoms with van der Waals surface area (Å²) >= 11 is 1.71. The Hall–Kier alpha value is -1.99. The first kappa shape index (κ1) is 11.5. The molecule has 1 atom stereocenters. The van der Waals surface area contributed by atoms with Gasteiger partial charge in [0.05, 0.1) is 29.0 Å². The van der Waals surface area contributed by atoms with Crippen molar-refractivity contribution >= 4 is 22.7 Å². The number of anilines is 2. The van der Waals surface area contributed by atoms with Crippen LogP contribution in [0.15, 0.2) is 35.7 Å². The topological polar surface area (TPSA) is 61.8 Å². The molecule has 1 aromatic heterocycles. The molecule has 0 saturated heterocycles. The molecule has 4 heteroatoms. The number of hydrogen-bond acceptors (Lipinski definition) is 4. The third-order valence-electron chi connectivity index (χ3n) is 2.52. The SMILES string of the molecule is CC(Nc1ccc(C#N)cc1N)c1cccs1. The second-order valence-electron chi connectivity index (χ2n) is 3.80. The van der Waals surface area contributed by atoms with Crippen molar-refractivity contribution in [3.8, 4) is 6.07 Å². The van der Waals surface area contributed by atoms with Gasteiger partial charge in [0, 0.05) is 4.88 Å². The standard InChI is InChI=1S/C13H13N3S/c1-9(13-3-2-6-17-13)16-12-5-4-10(8-14)7-11(12)15/h2-7,9,16H,15H2,1H3. The van der Waals surface area contributed by atoms with Gasteiger partial charge in [-0.15, -0.1) is 11.3 Å². The predicted molar refractivity (Wildman–Crippen MR) is 71.9 cm³/mol. The lowest BCUT2D eigenvalue weighted by Gasteiger charge is -2.15. The van der Waals surface area contributed by atoms with Crippen molar-refractivity contribution in [2.75, 3.05) is 11.1 Å². The van der Waals surface area contributed by atoms with Crippen LogP contribution in [0, 0.1) is 11.3 Å². The number of nitrogens with zero attached hydrogens (tertiary/aromatic N) is 1. The van der Waals surface area contributed by atoms with Gasteiger partial charge < -0.3 is 11.1 Å². The molecule has 3 nitrogen and oxygen atoms in total. The molecule has 0 aliphatic carbocycles. The number of hydrogen-bond donors (Lipinski definition) is 2. The van der Waals surface area contributed by atoms with E-state index in [1.54, 1.807) is 23.5 Å². The maximum absolute atomic E-state index is 8.76. The zero-order chi connectivity index (χ0) is 12.3. The molecule has 1 unspecified atom stereocenters. The van der Waals surface area contributed by atoms with E-state index in [4.69, 9.17) is 11.0 Å². The molecule has 0 radical (unpaired) electrons. The Bertz CT molecular complexity index is 540. The van der Waals surface area contributed by atoms with Crippen molar-refractivity contribution < 1.29 is 0 Å². The summed E-state index contributed by atoms with van der Waals surface area (Å²) < 4.78 is 0. The highest BCUT2D eigenvalue weighted by atomic mass is 32.1. The quantitative estimate of drug-likeness (QED) is 0.812. The van der Waals surface area contributed by atoms with Crippen molar-refractivity contribution in [3.63, 3.8) is 0 Å². The van der Waals surface area contributed by atoms with Gasteiger partial charge >= 0.3 is 0 Å². The van der Waals surface area contributed by atoms with Crippen LogP contribution in [0.3, 0.4) is 0 Å². The molecule has 2 rings (SSSR count). The minimum atomic E-state index is 0.213. The van der Waals surface area contributed by atoms with E-state index in [9.17, 15) is 0 Å². The van der Waals surface area contributed by atoms with Crippen LogP contribution in [0.2, 0.25) is 0 Å². The predicted octanol–water partition coefficient (Wildman–Crippen LogP) is 3.38. The van der Waals surface area contributed by atoms with Crippen molar-refractivity contribution in [3.05, 3.63) is 46.2 Å². The lowest BCUT2D eigenvalue weighted by Crippen LogP contribution is -2.07. The number of nitriles is 1. The lowest BCUT2D eigenvalue weighted by molar-refractivity contribution is 0.909. The van der Waals surface area contributed by atoms with Gasteiger partial charge in [-0.2, -0.15) is 5.26 Å². The van der Waals surface area contributed by atoms with Gasteiger partial charge in [0.2, 0.25) is 0 Å². The van der Waals surface area contributed by atoms with Crippen LogP contribution in [0.1, 0.15) is 23.4 Å². The average molecular weight is 243 g/mol. The number of benzene rings is 1. The number of nitrogens with two attached hydrogens (primary N) is 1. The zero-order valence-corrected chi connectivity index (χ0v) is 10.3. The van der Waals surface area contributed by atoms with E-state index < -0.39 is 0 Å². The third-order valence-corrected chi connectivity index (χ3v) is 3.58. The van der Waals surface area contributed by atoms with Crippen LogP contribution < -0.4 is 11.1 Å². The Balaban J connectivity index is 2.17. The normalized spacial score (nSPS) is 11.8. The highest BCUT2D eigenvalue weighted by Crippen LogP contribution is 2.27. The molecule has 1 aromatic carbocycles. The second-order valence-corrected chi connectivity index (χ2v) is 4.77. The molecule has 2 aromatic rings. The molecule has 1 heterocycles. The largest absolute Gasteiger partial charge is 0.397 e. The third kappa shape index (κ3) is 2.58.